The molecule has 0 aromatic carbocycles. The highest BCUT2D eigenvalue weighted by Gasteiger charge is 2.14. The number of carbonyl (C=O) groups excluding carboxylic acids is 2. The first-order valence-electron chi connectivity index (χ1n) is 5.52. The zero-order chi connectivity index (χ0) is 11.8. The summed E-state index contributed by atoms with van der Waals surface area (Å²) in [5, 5.41) is 0. The molecule has 1 aliphatic rings. The summed E-state index contributed by atoms with van der Waals surface area (Å²) >= 11 is 0. The lowest BCUT2D eigenvalue weighted by molar-refractivity contribution is -0.128. The van der Waals surface area contributed by atoms with E-state index in [1.807, 2.05) is 20.9 Å². The molecule has 4 heteroatoms. The third-order valence-electron chi connectivity index (χ3n) is 2.52. The molecule has 88 valence electrons. The van der Waals surface area contributed by atoms with Crippen LogP contribution >= 0.6 is 0 Å². The maximum absolute atomic E-state index is 10.5. The van der Waals surface area contributed by atoms with E-state index < -0.39 is 0 Å². The largest absolute Gasteiger partial charge is 0.346 e. The van der Waals surface area contributed by atoms with Crippen molar-refractivity contribution in [2.45, 2.75) is 33.6 Å². The second kappa shape index (κ2) is 7.26. The van der Waals surface area contributed by atoms with Gasteiger partial charge in [-0.15, -0.1) is 0 Å². The topological polar surface area (TPSA) is 40.6 Å². The molecular weight excluding hydrogens is 192 g/mol. The van der Waals surface area contributed by atoms with Crippen LogP contribution in [0, 0.1) is 0 Å². The molecule has 1 fully saturated rings. The van der Waals surface area contributed by atoms with E-state index in [-0.39, 0.29) is 5.91 Å². The van der Waals surface area contributed by atoms with Crippen molar-refractivity contribution in [2.75, 3.05) is 26.7 Å². The Morgan fingerprint density at radius 1 is 1.40 bits per heavy atom. The highest BCUT2D eigenvalue weighted by atomic mass is 16.2. The molecule has 0 aliphatic carbocycles. The molecule has 1 rings (SSSR count). The van der Waals surface area contributed by atoms with E-state index in [9.17, 15) is 9.59 Å². The van der Waals surface area contributed by atoms with E-state index in [1.165, 1.54) is 0 Å². The molecule has 1 aliphatic heterocycles. The fourth-order valence-corrected chi connectivity index (χ4v) is 1.45. The van der Waals surface area contributed by atoms with Crippen LogP contribution in [-0.2, 0) is 9.59 Å². The number of carbonyl (C=O) groups is 2. The Labute approximate surface area is 92.2 Å². The molecule has 1 heterocycles. The molecule has 15 heavy (non-hydrogen) atoms. The van der Waals surface area contributed by atoms with Gasteiger partial charge in [-0.2, -0.15) is 0 Å². The van der Waals surface area contributed by atoms with Crippen LogP contribution in [0.3, 0.4) is 0 Å². The third-order valence-corrected chi connectivity index (χ3v) is 2.52. The average molecular weight is 214 g/mol. The predicted molar refractivity (Wildman–Crippen MR) is 60.5 cm³/mol. The lowest BCUT2D eigenvalue weighted by atomic mass is 10.4. The summed E-state index contributed by atoms with van der Waals surface area (Å²) in [5.74, 6) is 0.454. The number of likely N-dealkylation sites (tertiary alicyclic amines) is 1. The number of nitrogens with zero attached hydrogens (tertiary/aromatic N) is 2. The molecule has 0 aromatic heterocycles. The summed E-state index contributed by atoms with van der Waals surface area (Å²) in [4.78, 5) is 24.6. The molecule has 4 nitrogen and oxygen atoms in total. The molecule has 0 unspecified atom stereocenters. The highest BCUT2D eigenvalue weighted by molar-refractivity contribution is 5.77. The molecule has 0 N–H and O–H groups in total. The summed E-state index contributed by atoms with van der Waals surface area (Å²) in [6.45, 7) is 8.15. The normalized spacial score (nSPS) is 14.7. The number of hydrogen-bond acceptors (Lipinski definition) is 2. The zero-order valence-corrected chi connectivity index (χ0v) is 10.2. The van der Waals surface area contributed by atoms with Crippen LogP contribution in [0.4, 0.5) is 0 Å². The summed E-state index contributed by atoms with van der Waals surface area (Å²) in [7, 11) is 1.84. The minimum Gasteiger partial charge on any atom is -0.346 e. The van der Waals surface area contributed by atoms with Crippen molar-refractivity contribution >= 4 is 11.8 Å². The summed E-state index contributed by atoms with van der Waals surface area (Å²) in [6.07, 6.45) is 1.81. The Hall–Kier alpha value is -1.06. The fourth-order valence-electron chi connectivity index (χ4n) is 1.45. The Morgan fingerprint density at radius 3 is 2.00 bits per heavy atom. The highest BCUT2D eigenvalue weighted by Crippen LogP contribution is 2.04. The van der Waals surface area contributed by atoms with Crippen LogP contribution in [0.1, 0.15) is 33.6 Å². The Morgan fingerprint density at radius 2 is 1.93 bits per heavy atom. The van der Waals surface area contributed by atoms with Crippen molar-refractivity contribution in [2.24, 2.45) is 0 Å². The molecule has 0 radical (unpaired) electrons. The van der Waals surface area contributed by atoms with Crippen LogP contribution in [0.25, 0.3) is 0 Å². The van der Waals surface area contributed by atoms with Gasteiger partial charge in [-0.3, -0.25) is 9.59 Å². The zero-order valence-electron chi connectivity index (χ0n) is 10.2. The van der Waals surface area contributed by atoms with Gasteiger partial charge in [-0.05, 0) is 20.3 Å². The Kier molecular flexibility index (Phi) is 6.75. The quantitative estimate of drug-likeness (QED) is 0.691. The standard InChI is InChI=1S/C6H13NO.C5H9NO/c1-4-7(5-2)6(3)8;1-6-4-2-3-5(6)7/h4-5H2,1-3H3;2-4H2,1H3. The van der Waals surface area contributed by atoms with Gasteiger partial charge in [-0.1, -0.05) is 0 Å². The smallest absolute Gasteiger partial charge is 0.222 e. The molecule has 0 bridgehead atoms. The minimum absolute atomic E-state index is 0.162. The maximum atomic E-state index is 10.5. The van der Waals surface area contributed by atoms with Crippen LogP contribution < -0.4 is 0 Å². The number of amides is 2. The van der Waals surface area contributed by atoms with Crippen LogP contribution in [0.2, 0.25) is 0 Å². The lowest BCUT2D eigenvalue weighted by Gasteiger charge is -2.14. The van der Waals surface area contributed by atoms with Crippen molar-refractivity contribution in [3.05, 3.63) is 0 Å². The van der Waals surface area contributed by atoms with Gasteiger partial charge in [0.1, 0.15) is 0 Å². The molecule has 1 saturated heterocycles. The first-order chi connectivity index (χ1) is 7.02. The minimum atomic E-state index is 0.162. The molecule has 0 saturated carbocycles. The van der Waals surface area contributed by atoms with Crippen molar-refractivity contribution in [1.29, 1.82) is 0 Å². The van der Waals surface area contributed by atoms with Gasteiger partial charge >= 0.3 is 0 Å². The van der Waals surface area contributed by atoms with E-state index in [0.717, 1.165) is 32.5 Å². The SMILES string of the molecule is CCN(CC)C(C)=O.CN1CCCC1=O. The molecule has 0 atom stereocenters. The Bertz CT molecular complexity index is 213. The van der Waals surface area contributed by atoms with Crippen molar-refractivity contribution in [1.82, 2.24) is 9.80 Å². The van der Waals surface area contributed by atoms with Gasteiger partial charge < -0.3 is 9.80 Å². The molecule has 0 spiro atoms. The lowest BCUT2D eigenvalue weighted by Crippen LogP contribution is -2.27. The fraction of sp³-hybridized carbons (Fsp3) is 0.818. The summed E-state index contributed by atoms with van der Waals surface area (Å²) in [6, 6.07) is 0. The molecule has 0 aromatic rings. The second-order valence-electron chi connectivity index (χ2n) is 3.61. The maximum Gasteiger partial charge on any atom is 0.222 e. The van der Waals surface area contributed by atoms with Crippen molar-refractivity contribution in [3.8, 4) is 0 Å². The van der Waals surface area contributed by atoms with Crippen molar-refractivity contribution in [3.63, 3.8) is 0 Å². The van der Waals surface area contributed by atoms with E-state index in [2.05, 4.69) is 0 Å². The van der Waals surface area contributed by atoms with Crippen LogP contribution in [0.15, 0.2) is 0 Å². The first-order valence-corrected chi connectivity index (χ1v) is 5.52. The monoisotopic (exact) mass is 214 g/mol. The van der Waals surface area contributed by atoms with E-state index in [4.69, 9.17) is 0 Å². The summed E-state index contributed by atoms with van der Waals surface area (Å²) < 4.78 is 0. The van der Waals surface area contributed by atoms with Crippen LogP contribution in [-0.4, -0.2) is 48.3 Å². The van der Waals surface area contributed by atoms with Gasteiger partial charge in [0.2, 0.25) is 11.8 Å². The van der Waals surface area contributed by atoms with E-state index in [1.54, 1.807) is 16.7 Å². The molecular formula is C11H22N2O2. The van der Waals surface area contributed by atoms with Gasteiger partial charge in [0.15, 0.2) is 0 Å². The van der Waals surface area contributed by atoms with E-state index in [0.29, 0.717) is 5.91 Å². The average Bonchev–Trinajstić information content (AvgIpc) is 2.53. The number of hydrogen-bond donors (Lipinski definition) is 0. The van der Waals surface area contributed by atoms with Crippen LogP contribution in [0.5, 0.6) is 0 Å². The second-order valence-corrected chi connectivity index (χ2v) is 3.61. The van der Waals surface area contributed by atoms with Gasteiger partial charge in [-0.25, -0.2) is 0 Å². The van der Waals surface area contributed by atoms with E-state index >= 15 is 0 Å². The molecule has 2 amide bonds. The third kappa shape index (κ3) is 5.40. The Balaban J connectivity index is 0.000000262. The first kappa shape index (κ1) is 13.9. The number of rotatable bonds is 2. The predicted octanol–water partition coefficient (Wildman–Crippen LogP) is 1.11. The van der Waals surface area contributed by atoms with Crippen molar-refractivity contribution < 1.29 is 9.59 Å². The van der Waals surface area contributed by atoms with Gasteiger partial charge in [0.05, 0.1) is 0 Å². The van der Waals surface area contributed by atoms with Gasteiger partial charge in [0.25, 0.3) is 0 Å². The van der Waals surface area contributed by atoms with Gasteiger partial charge in [0, 0.05) is 40.0 Å². The summed E-state index contributed by atoms with van der Waals surface area (Å²) in [5.41, 5.74) is 0.